The van der Waals surface area contributed by atoms with Crippen molar-refractivity contribution in [1.82, 2.24) is 15.1 Å². The zero-order valence-corrected chi connectivity index (χ0v) is 13.0. The summed E-state index contributed by atoms with van der Waals surface area (Å²) in [6.45, 7) is 6.28. The van der Waals surface area contributed by atoms with Crippen molar-refractivity contribution in [3.63, 3.8) is 0 Å². The highest BCUT2D eigenvalue weighted by Gasteiger charge is 2.33. The Balaban J connectivity index is 1.89. The first-order valence-electron chi connectivity index (χ1n) is 6.74. The monoisotopic (exact) mass is 314 g/mol. The Hall–Kier alpha value is -1.76. The fraction of sp³-hybridized carbons (Fsp3) is 0.615. The predicted molar refractivity (Wildman–Crippen MR) is 78.1 cm³/mol. The van der Waals surface area contributed by atoms with Crippen molar-refractivity contribution >= 4 is 29.3 Å². The lowest BCUT2D eigenvalue weighted by Crippen LogP contribution is -2.36. The maximum absolute atomic E-state index is 12.1. The largest absolute Gasteiger partial charge is 0.444 e. The fourth-order valence-corrected chi connectivity index (χ4v) is 2.20. The lowest BCUT2D eigenvalue weighted by atomic mass is 10.1. The van der Waals surface area contributed by atoms with E-state index in [-0.39, 0.29) is 23.1 Å². The Labute approximate surface area is 128 Å². The van der Waals surface area contributed by atoms with Crippen molar-refractivity contribution in [3.8, 4) is 0 Å². The van der Waals surface area contributed by atoms with Crippen LogP contribution in [-0.4, -0.2) is 45.8 Å². The molecule has 0 spiro atoms. The van der Waals surface area contributed by atoms with Crippen LogP contribution in [0.2, 0.25) is 5.15 Å². The van der Waals surface area contributed by atoms with Gasteiger partial charge >= 0.3 is 6.09 Å². The molecule has 2 N–H and O–H groups in total. The molecule has 1 aromatic rings. The minimum atomic E-state index is -0.540. The van der Waals surface area contributed by atoms with E-state index in [0.717, 1.165) is 0 Å². The first kappa shape index (κ1) is 15.6. The molecule has 7 nitrogen and oxygen atoms in total. The van der Waals surface area contributed by atoms with Crippen LogP contribution in [0.25, 0.3) is 0 Å². The summed E-state index contributed by atoms with van der Waals surface area (Å²) in [5.74, 6) is -0.451. The van der Waals surface area contributed by atoms with E-state index in [4.69, 9.17) is 16.3 Å². The second kappa shape index (κ2) is 5.93. The Morgan fingerprint density at radius 2 is 2.24 bits per heavy atom. The number of rotatable bonds is 2. The van der Waals surface area contributed by atoms with Gasteiger partial charge in [-0.1, -0.05) is 11.6 Å². The number of halogens is 1. The highest BCUT2D eigenvalue weighted by atomic mass is 35.5. The third kappa shape index (κ3) is 4.10. The molecule has 116 valence electrons. The van der Waals surface area contributed by atoms with Gasteiger partial charge < -0.3 is 15.0 Å². The zero-order valence-electron chi connectivity index (χ0n) is 12.3. The number of anilines is 1. The number of likely N-dealkylation sites (tertiary alicyclic amines) is 1. The molecule has 2 rings (SSSR count). The van der Waals surface area contributed by atoms with Crippen molar-refractivity contribution in [2.24, 2.45) is 5.92 Å². The van der Waals surface area contributed by atoms with Crippen molar-refractivity contribution < 1.29 is 14.3 Å². The first-order chi connectivity index (χ1) is 9.76. The van der Waals surface area contributed by atoms with Gasteiger partial charge in [0, 0.05) is 13.1 Å². The van der Waals surface area contributed by atoms with Gasteiger partial charge in [0.1, 0.15) is 10.8 Å². The molecule has 21 heavy (non-hydrogen) atoms. The van der Waals surface area contributed by atoms with E-state index in [1.54, 1.807) is 4.90 Å². The van der Waals surface area contributed by atoms with E-state index in [9.17, 15) is 9.59 Å². The number of nitrogens with one attached hydrogen (secondary N) is 2. The molecule has 2 amide bonds. The van der Waals surface area contributed by atoms with Crippen LogP contribution >= 0.6 is 11.6 Å². The Bertz CT molecular complexity index is 538. The van der Waals surface area contributed by atoms with E-state index in [1.165, 1.54) is 6.20 Å². The van der Waals surface area contributed by atoms with Crippen LogP contribution < -0.4 is 5.32 Å². The number of hydrogen-bond donors (Lipinski definition) is 2. The van der Waals surface area contributed by atoms with Crippen molar-refractivity contribution in [3.05, 3.63) is 11.3 Å². The molecule has 0 bridgehead atoms. The third-order valence-electron chi connectivity index (χ3n) is 3.06. The number of nitrogens with zero attached hydrogens (tertiary/aromatic N) is 2. The molecule has 0 radical (unpaired) electrons. The van der Waals surface area contributed by atoms with Crippen LogP contribution in [-0.2, 0) is 9.53 Å². The number of ether oxygens (including phenoxy) is 1. The third-order valence-corrected chi connectivity index (χ3v) is 3.35. The molecular weight excluding hydrogens is 296 g/mol. The van der Waals surface area contributed by atoms with E-state index < -0.39 is 5.60 Å². The lowest BCUT2D eigenvalue weighted by Gasteiger charge is -2.24. The summed E-state index contributed by atoms with van der Waals surface area (Å²) in [4.78, 5) is 25.6. The summed E-state index contributed by atoms with van der Waals surface area (Å²) >= 11 is 5.83. The van der Waals surface area contributed by atoms with E-state index in [1.807, 2.05) is 20.8 Å². The maximum atomic E-state index is 12.1. The quantitative estimate of drug-likeness (QED) is 0.876. The van der Waals surface area contributed by atoms with Crippen LogP contribution in [0.3, 0.4) is 0 Å². The van der Waals surface area contributed by atoms with Gasteiger partial charge in [-0.05, 0) is 27.2 Å². The predicted octanol–water partition coefficient (Wildman–Crippen LogP) is 2.26. The molecule has 1 saturated heterocycles. The Morgan fingerprint density at radius 3 is 2.81 bits per heavy atom. The summed E-state index contributed by atoms with van der Waals surface area (Å²) in [6, 6.07) is 0. The van der Waals surface area contributed by atoms with Crippen LogP contribution in [0.1, 0.15) is 27.2 Å². The average molecular weight is 315 g/mol. The fourth-order valence-electron chi connectivity index (χ4n) is 2.06. The van der Waals surface area contributed by atoms with E-state index in [0.29, 0.717) is 25.2 Å². The van der Waals surface area contributed by atoms with Gasteiger partial charge in [0.05, 0.1) is 17.8 Å². The average Bonchev–Trinajstić information content (AvgIpc) is 2.97. The standard InChI is InChI=1S/C13H19ClN4O3/c1-13(2,3)21-12(20)18-5-4-8(7-18)11(19)16-9-6-15-17-10(9)14/h6,8H,4-5,7H2,1-3H3,(H,15,17)(H,16,19). The lowest BCUT2D eigenvalue weighted by molar-refractivity contribution is -0.119. The van der Waals surface area contributed by atoms with Crippen LogP contribution in [0, 0.1) is 5.92 Å². The van der Waals surface area contributed by atoms with Crippen molar-refractivity contribution in [2.45, 2.75) is 32.8 Å². The summed E-state index contributed by atoms with van der Waals surface area (Å²) in [7, 11) is 0. The second-order valence-corrected chi connectivity index (χ2v) is 6.38. The Morgan fingerprint density at radius 1 is 1.52 bits per heavy atom. The molecule has 1 aliphatic heterocycles. The second-order valence-electron chi connectivity index (χ2n) is 6.00. The molecule has 1 atom stereocenters. The number of amides is 2. The molecule has 0 aromatic carbocycles. The number of aromatic amines is 1. The van der Waals surface area contributed by atoms with Crippen LogP contribution in [0.4, 0.5) is 10.5 Å². The van der Waals surface area contributed by atoms with E-state index >= 15 is 0 Å². The number of carbonyl (C=O) groups excluding carboxylic acids is 2. The van der Waals surface area contributed by atoms with Crippen molar-refractivity contribution in [1.29, 1.82) is 0 Å². The van der Waals surface area contributed by atoms with Gasteiger partial charge in [0.25, 0.3) is 0 Å². The highest BCUT2D eigenvalue weighted by Crippen LogP contribution is 2.23. The van der Waals surface area contributed by atoms with Gasteiger partial charge in [0.2, 0.25) is 5.91 Å². The van der Waals surface area contributed by atoms with Crippen LogP contribution in [0.5, 0.6) is 0 Å². The van der Waals surface area contributed by atoms with Crippen LogP contribution in [0.15, 0.2) is 6.20 Å². The van der Waals surface area contributed by atoms with Gasteiger partial charge in [-0.25, -0.2) is 4.79 Å². The summed E-state index contributed by atoms with van der Waals surface area (Å²) in [6.07, 6.45) is 1.65. The Kier molecular flexibility index (Phi) is 4.41. The number of aromatic nitrogens is 2. The number of H-pyrrole nitrogens is 1. The van der Waals surface area contributed by atoms with Gasteiger partial charge in [-0.15, -0.1) is 0 Å². The molecule has 1 fully saturated rings. The maximum Gasteiger partial charge on any atom is 0.410 e. The smallest absolute Gasteiger partial charge is 0.410 e. The summed E-state index contributed by atoms with van der Waals surface area (Å²) in [5.41, 5.74) is -0.0979. The first-order valence-corrected chi connectivity index (χ1v) is 7.12. The number of carbonyl (C=O) groups is 2. The molecule has 2 heterocycles. The van der Waals surface area contributed by atoms with Crippen molar-refractivity contribution in [2.75, 3.05) is 18.4 Å². The van der Waals surface area contributed by atoms with Gasteiger partial charge in [-0.3, -0.25) is 9.89 Å². The molecule has 1 unspecified atom stereocenters. The minimum absolute atomic E-state index is 0.177. The molecule has 8 heteroatoms. The zero-order chi connectivity index (χ0) is 15.6. The molecular formula is C13H19ClN4O3. The molecule has 0 aliphatic carbocycles. The highest BCUT2D eigenvalue weighted by molar-refractivity contribution is 6.32. The van der Waals surface area contributed by atoms with Gasteiger partial charge in [0.15, 0.2) is 0 Å². The minimum Gasteiger partial charge on any atom is -0.444 e. The molecule has 0 saturated carbocycles. The summed E-state index contributed by atoms with van der Waals surface area (Å²) < 4.78 is 5.29. The SMILES string of the molecule is CC(C)(C)OC(=O)N1CCC(C(=O)Nc2cn[nH]c2Cl)C1. The topological polar surface area (TPSA) is 87.3 Å². The molecule has 1 aliphatic rings. The van der Waals surface area contributed by atoms with E-state index in [2.05, 4.69) is 15.5 Å². The molecule has 1 aromatic heterocycles. The summed E-state index contributed by atoms with van der Waals surface area (Å²) in [5, 5.41) is 9.24. The van der Waals surface area contributed by atoms with Gasteiger partial charge in [-0.2, -0.15) is 5.10 Å². The number of hydrogen-bond acceptors (Lipinski definition) is 4. The normalized spacial score (nSPS) is 18.7.